The SMILES string of the molecule is CCOC(=O)C1(S(=O)(=O)N(C)Cc2ccc(OC)cc2)CC1. The molecule has 1 aliphatic rings. The first-order chi connectivity index (χ1) is 10.4. The molecule has 7 heteroatoms. The Bertz CT molecular complexity index is 634. The highest BCUT2D eigenvalue weighted by Gasteiger charge is 2.63. The summed E-state index contributed by atoms with van der Waals surface area (Å²) in [6.45, 7) is 2.05. The zero-order valence-electron chi connectivity index (χ0n) is 13.0. The predicted molar refractivity (Wildman–Crippen MR) is 82.0 cm³/mol. The highest BCUT2D eigenvalue weighted by Crippen LogP contribution is 2.46. The van der Waals surface area contributed by atoms with Gasteiger partial charge in [0.25, 0.3) is 0 Å². The summed E-state index contributed by atoms with van der Waals surface area (Å²) in [5.74, 6) is 0.0658. The maximum absolute atomic E-state index is 12.7. The lowest BCUT2D eigenvalue weighted by Crippen LogP contribution is -2.43. The van der Waals surface area contributed by atoms with Gasteiger partial charge in [0.2, 0.25) is 10.0 Å². The molecule has 0 radical (unpaired) electrons. The molecule has 0 atom stereocenters. The van der Waals surface area contributed by atoms with E-state index < -0.39 is 20.7 Å². The third-order valence-electron chi connectivity index (χ3n) is 3.82. The van der Waals surface area contributed by atoms with Crippen LogP contribution < -0.4 is 4.74 Å². The maximum Gasteiger partial charge on any atom is 0.328 e. The summed E-state index contributed by atoms with van der Waals surface area (Å²) < 4.78 is 35.1. The molecule has 1 fully saturated rings. The summed E-state index contributed by atoms with van der Waals surface area (Å²) >= 11 is 0. The van der Waals surface area contributed by atoms with E-state index >= 15 is 0 Å². The fourth-order valence-electron chi connectivity index (χ4n) is 2.31. The number of carbonyl (C=O) groups excluding carboxylic acids is 1. The van der Waals surface area contributed by atoms with Crippen molar-refractivity contribution in [2.75, 3.05) is 20.8 Å². The van der Waals surface area contributed by atoms with Crippen molar-refractivity contribution in [3.8, 4) is 5.75 Å². The number of hydrogen-bond acceptors (Lipinski definition) is 5. The van der Waals surface area contributed by atoms with Crippen molar-refractivity contribution in [1.82, 2.24) is 4.31 Å². The number of rotatable bonds is 7. The van der Waals surface area contributed by atoms with Crippen LogP contribution in [-0.4, -0.2) is 44.2 Å². The molecule has 0 N–H and O–H groups in total. The number of benzene rings is 1. The monoisotopic (exact) mass is 327 g/mol. The Balaban J connectivity index is 2.13. The van der Waals surface area contributed by atoms with Crippen LogP contribution in [0.25, 0.3) is 0 Å². The average Bonchev–Trinajstić information content (AvgIpc) is 3.30. The average molecular weight is 327 g/mol. The minimum Gasteiger partial charge on any atom is -0.497 e. The zero-order chi connectivity index (χ0) is 16.4. The number of carbonyl (C=O) groups is 1. The van der Waals surface area contributed by atoms with E-state index in [4.69, 9.17) is 9.47 Å². The second-order valence-corrected chi connectivity index (χ2v) is 7.68. The molecule has 0 amide bonds. The highest BCUT2D eigenvalue weighted by atomic mass is 32.2. The topological polar surface area (TPSA) is 72.9 Å². The van der Waals surface area contributed by atoms with Crippen molar-refractivity contribution in [1.29, 1.82) is 0 Å². The van der Waals surface area contributed by atoms with Crippen LogP contribution in [0.3, 0.4) is 0 Å². The van der Waals surface area contributed by atoms with E-state index in [1.54, 1.807) is 38.3 Å². The fraction of sp³-hybridized carbons (Fsp3) is 0.533. The molecule has 0 heterocycles. The van der Waals surface area contributed by atoms with Gasteiger partial charge in [-0.15, -0.1) is 0 Å². The molecule has 22 heavy (non-hydrogen) atoms. The molecule has 1 aromatic rings. The standard InChI is InChI=1S/C15H21NO5S/c1-4-21-14(17)15(9-10-15)22(18,19)16(2)11-12-5-7-13(20-3)8-6-12/h5-8H,4,9-11H2,1-3H3. The molecule has 1 aliphatic carbocycles. The summed E-state index contributed by atoms with van der Waals surface area (Å²) in [4.78, 5) is 12.0. The summed E-state index contributed by atoms with van der Waals surface area (Å²) in [5.41, 5.74) is 0.825. The lowest BCUT2D eigenvalue weighted by Gasteiger charge is -2.23. The molecule has 1 aromatic carbocycles. The van der Waals surface area contributed by atoms with Gasteiger partial charge in [-0.2, -0.15) is 4.31 Å². The van der Waals surface area contributed by atoms with Crippen molar-refractivity contribution in [2.24, 2.45) is 0 Å². The first-order valence-electron chi connectivity index (χ1n) is 7.13. The molecule has 0 spiro atoms. The van der Waals surface area contributed by atoms with Gasteiger partial charge in [-0.3, -0.25) is 4.79 Å². The van der Waals surface area contributed by atoms with E-state index in [2.05, 4.69) is 0 Å². The van der Waals surface area contributed by atoms with E-state index in [1.165, 1.54) is 11.4 Å². The van der Waals surface area contributed by atoms with Crippen LogP contribution in [0.1, 0.15) is 25.3 Å². The summed E-state index contributed by atoms with van der Waals surface area (Å²) in [6, 6.07) is 7.14. The minimum absolute atomic E-state index is 0.179. The second-order valence-electron chi connectivity index (χ2n) is 5.32. The first kappa shape index (κ1) is 16.8. The normalized spacial score (nSPS) is 16.4. The predicted octanol–water partition coefficient (Wildman–Crippen LogP) is 1.55. The summed E-state index contributed by atoms with van der Waals surface area (Å²) in [7, 11) is -0.679. The Morgan fingerprint density at radius 1 is 1.27 bits per heavy atom. The largest absolute Gasteiger partial charge is 0.497 e. The lowest BCUT2D eigenvalue weighted by atomic mass is 10.2. The molecule has 122 valence electrons. The van der Waals surface area contributed by atoms with Gasteiger partial charge in [0.15, 0.2) is 4.75 Å². The van der Waals surface area contributed by atoms with Crippen LogP contribution in [0.2, 0.25) is 0 Å². The van der Waals surface area contributed by atoms with Gasteiger partial charge in [-0.05, 0) is 37.5 Å². The van der Waals surface area contributed by atoms with Gasteiger partial charge < -0.3 is 9.47 Å². The van der Waals surface area contributed by atoms with E-state index in [-0.39, 0.29) is 13.2 Å². The Hall–Kier alpha value is -1.60. The third-order valence-corrected chi connectivity index (χ3v) is 6.33. The Labute approximate surface area is 131 Å². The van der Waals surface area contributed by atoms with Crippen LogP contribution in [0.5, 0.6) is 5.75 Å². The minimum atomic E-state index is -3.74. The molecular weight excluding hydrogens is 306 g/mol. The molecule has 0 aliphatic heterocycles. The van der Waals surface area contributed by atoms with Gasteiger partial charge in [0.1, 0.15) is 5.75 Å². The molecule has 0 aromatic heterocycles. The molecule has 0 unspecified atom stereocenters. The van der Waals surface area contributed by atoms with Crippen LogP contribution >= 0.6 is 0 Å². The molecule has 6 nitrogen and oxygen atoms in total. The molecule has 1 saturated carbocycles. The van der Waals surface area contributed by atoms with Crippen molar-refractivity contribution in [2.45, 2.75) is 31.1 Å². The van der Waals surface area contributed by atoms with E-state index in [9.17, 15) is 13.2 Å². The summed E-state index contributed by atoms with van der Waals surface area (Å²) in [5, 5.41) is 0. The van der Waals surface area contributed by atoms with Crippen LogP contribution in [0.4, 0.5) is 0 Å². The quantitative estimate of drug-likeness (QED) is 0.711. The Morgan fingerprint density at radius 3 is 2.32 bits per heavy atom. The first-order valence-corrected chi connectivity index (χ1v) is 8.57. The van der Waals surface area contributed by atoms with Crippen molar-refractivity contribution in [3.63, 3.8) is 0 Å². The van der Waals surface area contributed by atoms with Crippen molar-refractivity contribution >= 4 is 16.0 Å². The number of esters is 1. The van der Waals surface area contributed by atoms with Gasteiger partial charge in [-0.25, -0.2) is 8.42 Å². The van der Waals surface area contributed by atoms with Crippen LogP contribution in [0, 0.1) is 0 Å². The third kappa shape index (κ3) is 2.96. The molecule has 0 saturated heterocycles. The van der Waals surface area contributed by atoms with Gasteiger partial charge in [0.05, 0.1) is 13.7 Å². The van der Waals surface area contributed by atoms with E-state index in [0.717, 1.165) is 5.56 Å². The van der Waals surface area contributed by atoms with Crippen LogP contribution in [-0.2, 0) is 26.1 Å². The molecule has 2 rings (SSSR count). The second kappa shape index (κ2) is 6.26. The number of hydrogen-bond donors (Lipinski definition) is 0. The number of nitrogens with zero attached hydrogens (tertiary/aromatic N) is 1. The summed E-state index contributed by atoms with van der Waals surface area (Å²) in [6.07, 6.45) is 0.641. The Morgan fingerprint density at radius 2 is 1.86 bits per heavy atom. The van der Waals surface area contributed by atoms with Gasteiger partial charge in [-0.1, -0.05) is 12.1 Å². The fourth-order valence-corrected chi connectivity index (χ4v) is 4.12. The number of ether oxygens (including phenoxy) is 2. The van der Waals surface area contributed by atoms with Gasteiger partial charge >= 0.3 is 5.97 Å². The van der Waals surface area contributed by atoms with Crippen molar-refractivity contribution in [3.05, 3.63) is 29.8 Å². The Kier molecular flexibility index (Phi) is 4.77. The highest BCUT2D eigenvalue weighted by molar-refractivity contribution is 7.91. The van der Waals surface area contributed by atoms with E-state index in [1.807, 2.05) is 0 Å². The molecule has 0 bridgehead atoms. The smallest absolute Gasteiger partial charge is 0.328 e. The van der Waals surface area contributed by atoms with E-state index in [0.29, 0.717) is 18.6 Å². The van der Waals surface area contributed by atoms with Crippen LogP contribution in [0.15, 0.2) is 24.3 Å². The van der Waals surface area contributed by atoms with Crippen molar-refractivity contribution < 1.29 is 22.7 Å². The lowest BCUT2D eigenvalue weighted by molar-refractivity contribution is -0.143. The zero-order valence-corrected chi connectivity index (χ0v) is 13.9. The molecular formula is C15H21NO5S. The maximum atomic E-state index is 12.7. The van der Waals surface area contributed by atoms with Gasteiger partial charge in [0, 0.05) is 13.6 Å². The number of sulfonamides is 1. The number of methoxy groups -OCH3 is 1.